The minimum Gasteiger partial charge on any atom is -0.493 e. The van der Waals surface area contributed by atoms with Crippen molar-refractivity contribution >= 4 is 11.0 Å². The fourth-order valence-electron chi connectivity index (χ4n) is 4.61. The van der Waals surface area contributed by atoms with Gasteiger partial charge in [-0.05, 0) is 70.5 Å². The Morgan fingerprint density at radius 1 is 0.973 bits per heavy atom. The molecule has 0 fully saturated rings. The first-order chi connectivity index (χ1) is 17.8. The van der Waals surface area contributed by atoms with E-state index < -0.39 is 0 Å². The average molecular weight is 499 g/mol. The molecule has 2 aromatic carbocycles. The SMILES string of the molecule is CCOc1ccc(-c2nc(Cn3c(=O)cc(C)c4c(C)nn(-c5ccc(C)cc5)c43)c(C)o2)cc1OC. The van der Waals surface area contributed by atoms with Crippen LogP contribution in [0.5, 0.6) is 11.5 Å². The molecule has 8 heteroatoms. The predicted octanol–water partition coefficient (Wildman–Crippen LogP) is 5.53. The van der Waals surface area contributed by atoms with Gasteiger partial charge >= 0.3 is 0 Å². The number of rotatable bonds is 7. The fourth-order valence-corrected chi connectivity index (χ4v) is 4.61. The number of pyridine rings is 1. The number of fused-ring (bicyclic) bond motifs is 1. The number of hydrogen-bond acceptors (Lipinski definition) is 6. The van der Waals surface area contributed by atoms with Gasteiger partial charge in [-0.3, -0.25) is 9.36 Å². The van der Waals surface area contributed by atoms with Crippen molar-refractivity contribution in [2.75, 3.05) is 13.7 Å². The predicted molar refractivity (Wildman–Crippen MR) is 143 cm³/mol. The highest BCUT2D eigenvalue weighted by molar-refractivity contribution is 5.83. The second-order valence-corrected chi connectivity index (χ2v) is 9.10. The van der Waals surface area contributed by atoms with E-state index >= 15 is 0 Å². The van der Waals surface area contributed by atoms with E-state index in [9.17, 15) is 4.79 Å². The van der Waals surface area contributed by atoms with E-state index in [0.29, 0.717) is 35.5 Å². The van der Waals surface area contributed by atoms with Gasteiger partial charge in [-0.25, -0.2) is 9.67 Å². The summed E-state index contributed by atoms with van der Waals surface area (Å²) in [5, 5.41) is 5.76. The molecule has 0 saturated carbocycles. The molecular formula is C29H30N4O4. The number of benzene rings is 2. The molecular weight excluding hydrogens is 468 g/mol. The van der Waals surface area contributed by atoms with Crippen molar-refractivity contribution in [2.45, 2.75) is 41.2 Å². The Bertz CT molecular complexity index is 1660. The van der Waals surface area contributed by atoms with Crippen LogP contribution in [0.2, 0.25) is 0 Å². The molecule has 0 aliphatic rings. The first-order valence-corrected chi connectivity index (χ1v) is 12.2. The first-order valence-electron chi connectivity index (χ1n) is 12.2. The summed E-state index contributed by atoms with van der Waals surface area (Å²) < 4.78 is 20.7. The van der Waals surface area contributed by atoms with Crippen molar-refractivity contribution < 1.29 is 13.9 Å². The van der Waals surface area contributed by atoms with Crippen molar-refractivity contribution in [1.82, 2.24) is 19.3 Å². The Balaban J connectivity index is 1.61. The Labute approximate surface area is 215 Å². The van der Waals surface area contributed by atoms with Crippen molar-refractivity contribution in [3.63, 3.8) is 0 Å². The third kappa shape index (κ3) is 4.39. The van der Waals surface area contributed by atoms with Gasteiger partial charge in [-0.15, -0.1) is 0 Å². The highest BCUT2D eigenvalue weighted by Crippen LogP contribution is 2.33. The van der Waals surface area contributed by atoms with Crippen LogP contribution in [0.25, 0.3) is 28.2 Å². The molecule has 3 heterocycles. The van der Waals surface area contributed by atoms with Crippen LogP contribution in [0.15, 0.2) is 57.7 Å². The van der Waals surface area contributed by atoms with Gasteiger partial charge in [0.05, 0.1) is 31.6 Å². The smallest absolute Gasteiger partial charge is 0.252 e. The maximum atomic E-state index is 13.3. The maximum Gasteiger partial charge on any atom is 0.252 e. The standard InChI is InChI=1S/C29H30N4O4/c1-7-36-24-13-10-21(15-25(24)35-6)28-30-23(20(5)37-28)16-32-26(34)14-18(3)27-19(4)31-33(29(27)32)22-11-8-17(2)9-12-22/h8-15H,7,16H2,1-6H3. The van der Waals surface area contributed by atoms with Crippen molar-refractivity contribution in [2.24, 2.45) is 0 Å². The molecule has 0 N–H and O–H groups in total. The van der Waals surface area contributed by atoms with Gasteiger partial charge in [-0.2, -0.15) is 5.10 Å². The zero-order chi connectivity index (χ0) is 26.3. The number of hydrogen-bond donors (Lipinski definition) is 0. The Kier molecular flexibility index (Phi) is 6.33. The third-order valence-electron chi connectivity index (χ3n) is 6.48. The summed E-state index contributed by atoms with van der Waals surface area (Å²) in [6.07, 6.45) is 0. The zero-order valence-electron chi connectivity index (χ0n) is 22.0. The van der Waals surface area contributed by atoms with E-state index in [2.05, 4.69) is 0 Å². The molecule has 0 saturated heterocycles. The molecule has 5 rings (SSSR count). The van der Waals surface area contributed by atoms with Gasteiger partial charge in [0.15, 0.2) is 11.5 Å². The van der Waals surface area contributed by atoms with Crippen LogP contribution in [0.1, 0.15) is 35.2 Å². The molecule has 0 spiro atoms. The molecule has 0 radical (unpaired) electrons. The van der Waals surface area contributed by atoms with Crippen LogP contribution >= 0.6 is 0 Å². The molecule has 3 aromatic heterocycles. The van der Waals surface area contributed by atoms with Crippen LogP contribution < -0.4 is 15.0 Å². The highest BCUT2D eigenvalue weighted by Gasteiger charge is 2.20. The number of nitrogens with zero attached hydrogens (tertiary/aromatic N) is 4. The number of aryl methyl sites for hydroxylation is 4. The zero-order valence-corrected chi connectivity index (χ0v) is 22.0. The van der Waals surface area contributed by atoms with E-state index in [1.807, 2.05) is 81.8 Å². The van der Waals surface area contributed by atoms with E-state index in [1.165, 1.54) is 0 Å². The van der Waals surface area contributed by atoms with Crippen LogP contribution in [-0.4, -0.2) is 33.0 Å². The average Bonchev–Trinajstić information content (AvgIpc) is 3.42. The summed E-state index contributed by atoms with van der Waals surface area (Å²) in [4.78, 5) is 18.1. The maximum absolute atomic E-state index is 13.3. The van der Waals surface area contributed by atoms with Crippen molar-refractivity contribution in [1.29, 1.82) is 0 Å². The Morgan fingerprint density at radius 3 is 2.43 bits per heavy atom. The van der Waals surface area contributed by atoms with Gasteiger partial charge in [0.2, 0.25) is 5.89 Å². The topological polar surface area (TPSA) is 84.3 Å². The molecule has 8 nitrogen and oxygen atoms in total. The lowest BCUT2D eigenvalue weighted by molar-refractivity contribution is 0.311. The molecule has 0 amide bonds. The quantitative estimate of drug-likeness (QED) is 0.293. The molecule has 5 aromatic rings. The van der Waals surface area contributed by atoms with Crippen molar-refractivity contribution in [3.8, 4) is 28.6 Å². The lowest BCUT2D eigenvalue weighted by Crippen LogP contribution is -2.23. The first kappa shape index (κ1) is 24.4. The monoisotopic (exact) mass is 498 g/mol. The number of oxazole rings is 1. The summed E-state index contributed by atoms with van der Waals surface area (Å²) >= 11 is 0. The van der Waals surface area contributed by atoms with Gasteiger partial charge in [0, 0.05) is 17.0 Å². The fraction of sp³-hybridized carbons (Fsp3) is 0.276. The molecule has 190 valence electrons. The second-order valence-electron chi connectivity index (χ2n) is 9.10. The molecule has 0 aliphatic heterocycles. The van der Waals surface area contributed by atoms with E-state index in [1.54, 1.807) is 17.7 Å². The number of aromatic nitrogens is 4. The van der Waals surface area contributed by atoms with Crippen LogP contribution in [0.4, 0.5) is 0 Å². The van der Waals surface area contributed by atoms with E-state index in [-0.39, 0.29) is 12.1 Å². The highest BCUT2D eigenvalue weighted by atomic mass is 16.5. The summed E-state index contributed by atoms with van der Waals surface area (Å²) in [5.41, 5.74) is 5.85. The second kappa shape index (κ2) is 9.61. The Morgan fingerprint density at radius 2 is 1.73 bits per heavy atom. The summed E-state index contributed by atoms with van der Waals surface area (Å²) in [6, 6.07) is 15.3. The number of ether oxygens (including phenoxy) is 2. The van der Waals surface area contributed by atoms with Gasteiger partial charge in [-0.1, -0.05) is 17.7 Å². The van der Waals surface area contributed by atoms with Crippen LogP contribution in [0, 0.1) is 27.7 Å². The van der Waals surface area contributed by atoms with Gasteiger partial charge in [0.1, 0.15) is 17.1 Å². The molecule has 37 heavy (non-hydrogen) atoms. The van der Waals surface area contributed by atoms with E-state index in [4.69, 9.17) is 24.0 Å². The summed E-state index contributed by atoms with van der Waals surface area (Å²) in [7, 11) is 1.60. The molecule has 0 bridgehead atoms. The third-order valence-corrected chi connectivity index (χ3v) is 6.48. The lowest BCUT2D eigenvalue weighted by atomic mass is 10.1. The summed E-state index contributed by atoms with van der Waals surface area (Å²) in [6.45, 7) is 10.5. The van der Waals surface area contributed by atoms with Gasteiger partial charge < -0.3 is 13.9 Å². The lowest BCUT2D eigenvalue weighted by Gasteiger charge is -2.12. The van der Waals surface area contributed by atoms with Crippen molar-refractivity contribution in [3.05, 3.63) is 87.2 Å². The normalized spacial score (nSPS) is 11.3. The van der Waals surface area contributed by atoms with Crippen LogP contribution in [0.3, 0.4) is 0 Å². The van der Waals surface area contributed by atoms with Gasteiger partial charge in [0.25, 0.3) is 5.56 Å². The summed E-state index contributed by atoms with van der Waals surface area (Å²) in [5.74, 6) is 2.35. The molecule has 0 unspecified atom stereocenters. The molecule has 0 atom stereocenters. The minimum absolute atomic E-state index is 0.120. The largest absolute Gasteiger partial charge is 0.493 e. The minimum atomic E-state index is -0.120. The van der Waals surface area contributed by atoms with E-state index in [0.717, 1.165) is 39.1 Å². The molecule has 0 aliphatic carbocycles. The Hall–Kier alpha value is -4.33. The van der Waals surface area contributed by atoms with Crippen LogP contribution in [-0.2, 0) is 6.54 Å². The number of methoxy groups -OCH3 is 1.